The van der Waals surface area contributed by atoms with Crippen molar-refractivity contribution in [1.82, 2.24) is 9.44 Å². The van der Waals surface area contributed by atoms with Crippen LogP contribution in [0, 0.1) is 17.5 Å². The molecule has 0 aromatic heterocycles. The summed E-state index contributed by atoms with van der Waals surface area (Å²) in [6.07, 6.45) is -3.83. The second kappa shape index (κ2) is 28.0. The molecular formula is C61H51Cl3F3N5O13S3. The molecule has 0 spiro atoms. The van der Waals surface area contributed by atoms with Crippen LogP contribution in [-0.4, -0.2) is 87.8 Å². The van der Waals surface area contributed by atoms with Crippen LogP contribution < -0.4 is 24.1 Å². The highest BCUT2D eigenvalue weighted by Crippen LogP contribution is 2.41. The Morgan fingerprint density at radius 1 is 0.420 bits per heavy atom. The van der Waals surface area contributed by atoms with Crippen LogP contribution in [0.2, 0.25) is 15.1 Å². The van der Waals surface area contributed by atoms with Gasteiger partial charge in [-0.2, -0.15) is 8.42 Å². The Morgan fingerprint density at radius 3 is 1.01 bits per heavy atom. The number of cyclic esters (lactones) is 3. The van der Waals surface area contributed by atoms with Crippen molar-refractivity contribution in [2.45, 2.75) is 46.2 Å². The SMILES string of the molecule is CS(=O)(=O)OC[C@@H]1OC(=O)N(c2ccc(Cl)cc2)[C@H]1c1cccc(F)c1.O=C1O[C@@H](CNS(=O)(=O)c2ccccc2)[C@H](c2cccc(F)c2)N1c1ccc(Cl)cc1.O=C1O[C@@H](CNS(=O)(=O)c2ccccc2)[C@H](c2cccc(F)c2)N1c1ccc(Cl)cc1. The van der Waals surface area contributed by atoms with Gasteiger partial charge in [0.25, 0.3) is 10.1 Å². The van der Waals surface area contributed by atoms with Crippen LogP contribution in [0.25, 0.3) is 0 Å². The molecule has 3 heterocycles. The average Bonchev–Trinajstić information content (AvgIpc) is 1.90. The Hall–Kier alpha value is -8.04. The predicted molar refractivity (Wildman–Crippen MR) is 324 cm³/mol. The Kier molecular flexibility index (Phi) is 20.5. The second-order valence-corrected chi connectivity index (χ2v) is 26.1. The molecule has 3 aliphatic heterocycles. The maximum atomic E-state index is 14.0. The molecule has 8 aromatic rings. The molecule has 3 saturated heterocycles. The van der Waals surface area contributed by atoms with Gasteiger partial charge in [-0.3, -0.25) is 18.9 Å². The Balaban J connectivity index is 0.000000158. The predicted octanol–water partition coefficient (Wildman–Crippen LogP) is 12.6. The Labute approximate surface area is 520 Å². The number of hydrogen-bond donors (Lipinski definition) is 2. The van der Waals surface area contributed by atoms with Gasteiger partial charge in [0, 0.05) is 32.1 Å². The smallest absolute Gasteiger partial charge is 0.415 e. The number of halogens is 6. The van der Waals surface area contributed by atoms with Gasteiger partial charge in [0.15, 0.2) is 6.10 Å². The fourth-order valence-electron chi connectivity index (χ4n) is 9.73. The molecule has 3 fully saturated rings. The third-order valence-electron chi connectivity index (χ3n) is 13.6. The number of ether oxygens (including phenoxy) is 3. The lowest BCUT2D eigenvalue weighted by atomic mass is 10.00. The van der Waals surface area contributed by atoms with Crippen molar-refractivity contribution in [3.05, 3.63) is 255 Å². The first kappa shape index (κ1) is 64.4. The molecule has 88 heavy (non-hydrogen) atoms. The van der Waals surface area contributed by atoms with Crippen LogP contribution in [0.3, 0.4) is 0 Å². The van der Waals surface area contributed by atoms with Gasteiger partial charge < -0.3 is 14.2 Å². The van der Waals surface area contributed by atoms with Gasteiger partial charge in [0.2, 0.25) is 20.0 Å². The largest absolute Gasteiger partial charge is 0.442 e. The van der Waals surface area contributed by atoms with E-state index >= 15 is 0 Å². The van der Waals surface area contributed by atoms with Crippen molar-refractivity contribution >= 4 is 100 Å². The number of nitrogens with one attached hydrogen (secondary N) is 2. The number of sulfonamides is 2. The molecule has 0 aliphatic carbocycles. The number of amides is 3. The van der Waals surface area contributed by atoms with E-state index in [1.165, 1.54) is 93.6 Å². The lowest BCUT2D eigenvalue weighted by Gasteiger charge is -2.25. The molecule has 0 saturated carbocycles. The minimum absolute atomic E-state index is 0.0937. The van der Waals surface area contributed by atoms with Crippen molar-refractivity contribution < 1.29 is 71.2 Å². The minimum atomic E-state index is -3.82. The molecule has 2 N–H and O–H groups in total. The highest BCUT2D eigenvalue weighted by Gasteiger charge is 2.47. The van der Waals surface area contributed by atoms with Crippen molar-refractivity contribution in [2.24, 2.45) is 0 Å². The zero-order chi connectivity index (χ0) is 62.9. The molecule has 3 amide bonds. The fraction of sp³-hybridized carbons (Fsp3) is 0.164. The molecule has 0 bridgehead atoms. The lowest BCUT2D eigenvalue weighted by Crippen LogP contribution is -2.37. The van der Waals surface area contributed by atoms with Gasteiger partial charge in [-0.05, 0) is 150 Å². The third kappa shape index (κ3) is 16.0. The van der Waals surface area contributed by atoms with Crippen LogP contribution in [-0.2, 0) is 48.6 Å². The molecule has 8 aromatic carbocycles. The molecular weight excluding hydrogens is 1270 g/mol. The first-order chi connectivity index (χ1) is 41.9. The zero-order valence-corrected chi connectivity index (χ0v) is 50.6. The number of carbonyl (C=O) groups excluding carboxylic acids is 3. The third-order valence-corrected chi connectivity index (χ3v) is 17.8. The zero-order valence-electron chi connectivity index (χ0n) is 45.9. The number of anilines is 3. The molecule has 0 radical (unpaired) electrons. The van der Waals surface area contributed by atoms with Crippen LogP contribution in [0.5, 0.6) is 0 Å². The molecule has 18 nitrogen and oxygen atoms in total. The van der Waals surface area contributed by atoms with Crippen molar-refractivity contribution in [2.75, 3.05) is 40.7 Å². The van der Waals surface area contributed by atoms with Crippen LogP contribution in [0.1, 0.15) is 34.8 Å². The van der Waals surface area contributed by atoms with Crippen molar-refractivity contribution in [1.29, 1.82) is 0 Å². The van der Waals surface area contributed by atoms with Crippen LogP contribution in [0.4, 0.5) is 44.6 Å². The lowest BCUT2D eigenvalue weighted by molar-refractivity contribution is 0.0943. The van der Waals surface area contributed by atoms with Crippen molar-refractivity contribution in [3.8, 4) is 0 Å². The number of carbonyl (C=O) groups is 3. The van der Waals surface area contributed by atoms with Gasteiger partial charge in [0.05, 0.1) is 29.1 Å². The number of hydrogen-bond acceptors (Lipinski definition) is 13. The maximum absolute atomic E-state index is 14.0. The van der Waals surface area contributed by atoms with E-state index in [4.69, 9.17) is 53.2 Å². The molecule has 11 rings (SSSR count). The highest BCUT2D eigenvalue weighted by atomic mass is 35.5. The quantitative estimate of drug-likeness (QED) is 0.0640. The standard InChI is InChI=1S/2C22H18ClFN2O4S.C17H15ClFNO5S/c2*23-16-9-11-18(12-10-16)26-21(15-5-4-6-17(24)13-15)20(30-22(26)27)14-25-31(28,29)19-7-2-1-3-8-19;1-26(22,23)24-10-15-16(11-3-2-4-13(19)9-11)20(17(21)25-15)14-7-5-12(18)6-8-14/h2*1-13,20-21,25H,14H2;2-9,15-16H,10H2,1H3/t2*20-,21-;15-,16-/m000/s1. The van der Waals surface area contributed by atoms with E-state index in [2.05, 4.69) is 9.44 Å². The van der Waals surface area contributed by atoms with E-state index < -0.39 is 102 Å². The summed E-state index contributed by atoms with van der Waals surface area (Å²) in [6, 6.07) is 50.2. The summed E-state index contributed by atoms with van der Waals surface area (Å²) in [5.74, 6) is -1.44. The Bertz CT molecular complexity index is 3950. The van der Waals surface area contributed by atoms with Gasteiger partial charge >= 0.3 is 18.3 Å². The van der Waals surface area contributed by atoms with E-state index in [-0.39, 0.29) is 29.5 Å². The second-order valence-electron chi connectivity index (χ2n) is 19.6. The van der Waals surface area contributed by atoms with Crippen LogP contribution >= 0.6 is 34.8 Å². The van der Waals surface area contributed by atoms with E-state index in [0.717, 1.165) is 6.26 Å². The van der Waals surface area contributed by atoms with E-state index in [1.807, 2.05) is 0 Å². The summed E-state index contributed by atoms with van der Waals surface area (Å²) in [6.45, 7) is -0.752. The maximum Gasteiger partial charge on any atom is 0.415 e. The summed E-state index contributed by atoms with van der Waals surface area (Å²) in [5.41, 5.74) is 2.88. The van der Waals surface area contributed by atoms with E-state index in [9.17, 15) is 52.8 Å². The summed E-state index contributed by atoms with van der Waals surface area (Å²) in [4.78, 5) is 42.1. The molecule has 458 valence electrons. The number of rotatable bonds is 17. The average molecular weight is 1320 g/mol. The van der Waals surface area contributed by atoms with Gasteiger partial charge in [-0.1, -0.05) is 108 Å². The molecule has 3 aliphatic rings. The van der Waals surface area contributed by atoms with E-state index in [0.29, 0.717) is 48.8 Å². The number of nitrogens with zero attached hydrogens (tertiary/aromatic N) is 3. The Morgan fingerprint density at radius 2 is 0.716 bits per heavy atom. The first-order valence-electron chi connectivity index (χ1n) is 26.4. The van der Waals surface area contributed by atoms with E-state index in [1.54, 1.807) is 127 Å². The first-order valence-corrected chi connectivity index (χ1v) is 32.3. The topological polar surface area (TPSA) is 224 Å². The summed E-state index contributed by atoms with van der Waals surface area (Å²) in [7, 11) is -11.4. The van der Waals surface area contributed by atoms with Gasteiger partial charge in [-0.25, -0.2) is 53.8 Å². The number of benzene rings is 8. The summed E-state index contributed by atoms with van der Waals surface area (Å²) >= 11 is 17.8. The van der Waals surface area contributed by atoms with Gasteiger partial charge in [-0.15, -0.1) is 0 Å². The minimum Gasteiger partial charge on any atom is -0.442 e. The highest BCUT2D eigenvalue weighted by molar-refractivity contribution is 7.89. The van der Waals surface area contributed by atoms with Crippen LogP contribution in [0.15, 0.2) is 216 Å². The normalized spacial score (nSPS) is 19.2. The fourth-order valence-corrected chi connectivity index (χ4v) is 12.6. The monoisotopic (exact) mass is 1320 g/mol. The van der Waals surface area contributed by atoms with Crippen molar-refractivity contribution in [3.63, 3.8) is 0 Å². The molecule has 6 atom stereocenters. The van der Waals surface area contributed by atoms with Gasteiger partial charge in [0.1, 0.15) is 54.4 Å². The molecule has 0 unspecified atom stereocenters. The summed E-state index contributed by atoms with van der Waals surface area (Å²) < 4.78 is 141. The summed E-state index contributed by atoms with van der Waals surface area (Å²) in [5, 5.41) is 1.47. The molecule has 27 heteroatoms.